The Morgan fingerprint density at radius 1 is 1.47 bits per heavy atom. The standard InChI is InChI=1S/C9H10N2O3S/c1-6-7(5-10)3-8(11-15(12)13)4-9(6)14-2/h3-4,15H,1-2H3,(H,11,12,13). The molecule has 0 aliphatic heterocycles. The highest BCUT2D eigenvalue weighted by Crippen LogP contribution is 2.26. The average Bonchev–Trinajstić information content (AvgIpc) is 2.19. The molecule has 0 saturated carbocycles. The van der Waals surface area contributed by atoms with Crippen molar-refractivity contribution in [2.45, 2.75) is 6.92 Å². The van der Waals surface area contributed by atoms with Crippen molar-refractivity contribution in [3.63, 3.8) is 0 Å². The predicted octanol–water partition coefficient (Wildman–Crippen LogP) is 0.814. The third kappa shape index (κ3) is 2.60. The molecule has 0 saturated heterocycles. The fourth-order valence-corrected chi connectivity index (χ4v) is 1.53. The number of hydrogen-bond acceptors (Lipinski definition) is 4. The summed E-state index contributed by atoms with van der Waals surface area (Å²) < 4.78 is 28.1. The molecule has 5 nitrogen and oxygen atoms in total. The number of thiol groups is 1. The van der Waals surface area contributed by atoms with E-state index in [1.807, 2.05) is 6.07 Å². The topological polar surface area (TPSA) is 79.2 Å². The van der Waals surface area contributed by atoms with Crippen molar-refractivity contribution in [1.82, 2.24) is 0 Å². The highest BCUT2D eigenvalue weighted by Gasteiger charge is 2.07. The summed E-state index contributed by atoms with van der Waals surface area (Å²) in [5.41, 5.74) is 1.39. The molecule has 0 unspecified atom stereocenters. The number of nitriles is 1. The van der Waals surface area contributed by atoms with Crippen LogP contribution in [-0.2, 0) is 10.9 Å². The van der Waals surface area contributed by atoms with Gasteiger partial charge in [0.2, 0.25) is 10.9 Å². The Labute approximate surface area is 89.4 Å². The van der Waals surface area contributed by atoms with Crippen LogP contribution in [0.1, 0.15) is 11.1 Å². The summed E-state index contributed by atoms with van der Waals surface area (Å²) in [6, 6.07) is 4.96. The van der Waals surface area contributed by atoms with Gasteiger partial charge in [-0.25, -0.2) is 8.42 Å². The molecular formula is C9H10N2O3S. The van der Waals surface area contributed by atoms with E-state index in [-0.39, 0.29) is 0 Å². The lowest BCUT2D eigenvalue weighted by Crippen LogP contribution is -1.98. The minimum atomic E-state index is -2.74. The predicted molar refractivity (Wildman–Crippen MR) is 56.4 cm³/mol. The van der Waals surface area contributed by atoms with Crippen molar-refractivity contribution >= 4 is 16.6 Å². The molecule has 1 N–H and O–H groups in total. The van der Waals surface area contributed by atoms with Gasteiger partial charge in [-0.3, -0.25) is 4.72 Å². The van der Waals surface area contributed by atoms with Gasteiger partial charge in [-0.2, -0.15) is 5.26 Å². The van der Waals surface area contributed by atoms with Gasteiger partial charge in [-0.15, -0.1) is 0 Å². The summed E-state index contributed by atoms with van der Waals surface area (Å²) in [6.45, 7) is 1.73. The number of benzene rings is 1. The summed E-state index contributed by atoms with van der Waals surface area (Å²) in [4.78, 5) is 0. The van der Waals surface area contributed by atoms with Crippen LogP contribution in [0.3, 0.4) is 0 Å². The Bertz CT molecular complexity index is 481. The fourth-order valence-electron chi connectivity index (χ4n) is 1.19. The number of ether oxygens (including phenoxy) is 1. The SMILES string of the molecule is COc1cc(N[SH](=O)=O)cc(C#N)c1C. The molecule has 80 valence electrons. The quantitative estimate of drug-likeness (QED) is 0.748. The van der Waals surface area contributed by atoms with E-state index in [0.29, 0.717) is 22.6 Å². The minimum Gasteiger partial charge on any atom is -0.496 e. The first kappa shape index (κ1) is 11.3. The highest BCUT2D eigenvalue weighted by molar-refractivity contribution is 7.73. The lowest BCUT2D eigenvalue weighted by atomic mass is 10.1. The molecule has 6 heteroatoms. The monoisotopic (exact) mass is 226 g/mol. The van der Waals surface area contributed by atoms with E-state index >= 15 is 0 Å². The molecule has 0 bridgehead atoms. The first-order valence-electron chi connectivity index (χ1n) is 4.08. The Morgan fingerprint density at radius 2 is 2.13 bits per heavy atom. The van der Waals surface area contributed by atoms with Crippen molar-refractivity contribution < 1.29 is 13.2 Å². The normalized spacial score (nSPS) is 9.73. The zero-order valence-corrected chi connectivity index (χ0v) is 9.17. The Hall–Kier alpha value is -1.74. The van der Waals surface area contributed by atoms with E-state index in [1.54, 1.807) is 6.92 Å². The minimum absolute atomic E-state index is 0.324. The summed E-state index contributed by atoms with van der Waals surface area (Å²) in [5, 5.41) is 8.81. The van der Waals surface area contributed by atoms with Crippen LogP contribution < -0.4 is 9.46 Å². The summed E-state index contributed by atoms with van der Waals surface area (Å²) in [6.07, 6.45) is 0. The van der Waals surface area contributed by atoms with Crippen LogP contribution in [0.4, 0.5) is 5.69 Å². The third-order valence-electron chi connectivity index (χ3n) is 1.92. The third-order valence-corrected chi connectivity index (χ3v) is 2.36. The van der Waals surface area contributed by atoms with Gasteiger partial charge in [-0.05, 0) is 13.0 Å². The molecule has 0 fully saturated rings. The summed E-state index contributed by atoms with van der Waals surface area (Å²) in [7, 11) is -1.27. The van der Waals surface area contributed by atoms with E-state index in [1.165, 1.54) is 19.2 Å². The van der Waals surface area contributed by atoms with Crippen LogP contribution in [0, 0.1) is 18.3 Å². The van der Waals surface area contributed by atoms with E-state index in [9.17, 15) is 8.42 Å². The van der Waals surface area contributed by atoms with Crippen molar-refractivity contribution in [3.8, 4) is 11.8 Å². The first-order valence-corrected chi connectivity index (χ1v) is 5.26. The Balaban J connectivity index is 3.28. The number of nitrogens with zero attached hydrogens (tertiary/aromatic N) is 1. The fraction of sp³-hybridized carbons (Fsp3) is 0.222. The maximum Gasteiger partial charge on any atom is 0.222 e. The van der Waals surface area contributed by atoms with Gasteiger partial charge in [0.25, 0.3) is 0 Å². The largest absolute Gasteiger partial charge is 0.496 e. The molecule has 0 spiro atoms. The van der Waals surface area contributed by atoms with Gasteiger partial charge in [0.1, 0.15) is 5.75 Å². The highest BCUT2D eigenvalue weighted by atomic mass is 32.2. The van der Waals surface area contributed by atoms with Crippen LogP contribution in [0.2, 0.25) is 0 Å². The second kappa shape index (κ2) is 4.66. The molecule has 15 heavy (non-hydrogen) atoms. The lowest BCUT2D eigenvalue weighted by Gasteiger charge is -2.08. The van der Waals surface area contributed by atoms with Gasteiger partial charge in [0.15, 0.2) is 0 Å². The molecule has 1 aromatic carbocycles. The van der Waals surface area contributed by atoms with Crippen molar-refractivity contribution in [3.05, 3.63) is 23.3 Å². The molecule has 0 aliphatic carbocycles. The van der Waals surface area contributed by atoms with Crippen LogP contribution in [-0.4, -0.2) is 15.5 Å². The first-order chi connectivity index (χ1) is 7.08. The lowest BCUT2D eigenvalue weighted by molar-refractivity contribution is 0.412. The molecule has 0 amide bonds. The Kier molecular flexibility index (Phi) is 3.52. The molecular weight excluding hydrogens is 216 g/mol. The van der Waals surface area contributed by atoms with Crippen molar-refractivity contribution in [2.24, 2.45) is 0 Å². The maximum absolute atomic E-state index is 10.5. The summed E-state index contributed by atoms with van der Waals surface area (Å²) in [5.74, 6) is 0.480. The van der Waals surface area contributed by atoms with Crippen molar-refractivity contribution in [2.75, 3.05) is 11.8 Å². The second-order valence-corrected chi connectivity index (χ2v) is 3.57. The van der Waals surface area contributed by atoms with Gasteiger partial charge < -0.3 is 4.74 Å². The number of nitrogens with one attached hydrogen (secondary N) is 1. The van der Waals surface area contributed by atoms with E-state index in [0.717, 1.165) is 0 Å². The molecule has 0 heterocycles. The van der Waals surface area contributed by atoms with E-state index in [4.69, 9.17) is 10.00 Å². The van der Waals surface area contributed by atoms with Crippen LogP contribution in [0.25, 0.3) is 0 Å². The Morgan fingerprint density at radius 3 is 2.60 bits per heavy atom. The van der Waals surface area contributed by atoms with Crippen LogP contribution in [0.15, 0.2) is 12.1 Å². The molecule has 1 aromatic rings. The summed E-state index contributed by atoms with van der Waals surface area (Å²) >= 11 is 0. The van der Waals surface area contributed by atoms with Gasteiger partial charge >= 0.3 is 0 Å². The molecule has 0 radical (unpaired) electrons. The van der Waals surface area contributed by atoms with E-state index < -0.39 is 10.9 Å². The van der Waals surface area contributed by atoms with Gasteiger partial charge in [-0.1, -0.05) is 0 Å². The van der Waals surface area contributed by atoms with E-state index in [2.05, 4.69) is 4.72 Å². The average molecular weight is 226 g/mol. The molecule has 1 rings (SSSR count). The van der Waals surface area contributed by atoms with Crippen LogP contribution in [0.5, 0.6) is 5.75 Å². The molecule has 0 aliphatic rings. The van der Waals surface area contributed by atoms with Gasteiger partial charge in [0.05, 0.1) is 24.4 Å². The molecule has 0 aromatic heterocycles. The van der Waals surface area contributed by atoms with Crippen molar-refractivity contribution in [1.29, 1.82) is 5.26 Å². The smallest absolute Gasteiger partial charge is 0.222 e. The number of hydrogen-bond donors (Lipinski definition) is 2. The zero-order chi connectivity index (χ0) is 11.4. The second-order valence-electron chi connectivity index (χ2n) is 2.83. The molecule has 0 atom stereocenters. The number of rotatable bonds is 3. The van der Waals surface area contributed by atoms with Gasteiger partial charge in [0, 0.05) is 11.6 Å². The zero-order valence-electron chi connectivity index (χ0n) is 8.27. The maximum atomic E-state index is 10.5. The number of anilines is 1. The van der Waals surface area contributed by atoms with Crippen LogP contribution >= 0.6 is 0 Å². The number of methoxy groups -OCH3 is 1.